The summed E-state index contributed by atoms with van der Waals surface area (Å²) < 4.78 is 68.6. The standard InChI is InChI=1S/C21H15BrF4N2O7/c1-2-33-20(32)17-18(28-9-11(22)12(23)7-14(28)27-17)19(34-16(31)8-15(29)30)10-5-3-4-6-13(10)35-21(24,25)26/h3-7,9,19H,2,8H2,1H3,(H,29,30). The predicted octanol–water partition coefficient (Wildman–Crippen LogP) is 4.42. The first-order chi connectivity index (χ1) is 16.4. The van der Waals surface area contributed by atoms with Crippen LogP contribution in [-0.4, -0.2) is 45.4 Å². The summed E-state index contributed by atoms with van der Waals surface area (Å²) in [6.07, 6.45) is -7.00. The molecule has 0 radical (unpaired) electrons. The summed E-state index contributed by atoms with van der Waals surface area (Å²) in [5.74, 6) is -5.52. The van der Waals surface area contributed by atoms with E-state index in [4.69, 9.17) is 14.6 Å². The number of esters is 2. The van der Waals surface area contributed by atoms with Gasteiger partial charge in [-0.2, -0.15) is 0 Å². The SMILES string of the molecule is CCOC(=O)c1nc2cc(F)c(Br)cn2c1C(OC(=O)CC(=O)O)c1ccccc1OC(F)(F)F. The van der Waals surface area contributed by atoms with Crippen LogP contribution in [0.3, 0.4) is 0 Å². The molecule has 0 aliphatic rings. The zero-order valence-corrected chi connectivity index (χ0v) is 19.2. The Morgan fingerprint density at radius 3 is 2.54 bits per heavy atom. The molecular formula is C21H15BrF4N2O7. The second-order valence-corrected chi connectivity index (χ2v) is 7.64. The van der Waals surface area contributed by atoms with E-state index in [9.17, 15) is 31.9 Å². The first-order valence-corrected chi connectivity index (χ1v) is 10.5. The van der Waals surface area contributed by atoms with Crippen molar-refractivity contribution < 1.29 is 51.3 Å². The highest BCUT2D eigenvalue weighted by molar-refractivity contribution is 9.10. The van der Waals surface area contributed by atoms with E-state index in [0.717, 1.165) is 28.8 Å². The highest BCUT2D eigenvalue weighted by atomic mass is 79.9. The average molecular weight is 563 g/mol. The van der Waals surface area contributed by atoms with Crippen molar-refractivity contribution in [2.75, 3.05) is 6.61 Å². The molecular weight excluding hydrogens is 548 g/mol. The van der Waals surface area contributed by atoms with E-state index in [-0.39, 0.29) is 22.4 Å². The second-order valence-electron chi connectivity index (χ2n) is 6.79. The van der Waals surface area contributed by atoms with Gasteiger partial charge < -0.3 is 19.3 Å². The molecule has 1 unspecified atom stereocenters. The highest BCUT2D eigenvalue weighted by Crippen LogP contribution is 2.38. The van der Waals surface area contributed by atoms with Crippen molar-refractivity contribution in [2.45, 2.75) is 25.8 Å². The number of nitrogens with zero attached hydrogens (tertiary/aromatic N) is 2. The molecule has 0 fully saturated rings. The minimum atomic E-state index is -5.14. The van der Waals surface area contributed by atoms with Crippen molar-refractivity contribution in [2.24, 2.45) is 0 Å². The Bertz CT molecular complexity index is 1290. The molecule has 186 valence electrons. The van der Waals surface area contributed by atoms with Crippen molar-refractivity contribution in [3.63, 3.8) is 0 Å². The summed E-state index contributed by atoms with van der Waals surface area (Å²) in [5.41, 5.74) is -1.39. The third-order valence-corrected chi connectivity index (χ3v) is 4.97. The van der Waals surface area contributed by atoms with Gasteiger partial charge in [0.05, 0.1) is 11.1 Å². The number of alkyl halides is 3. The lowest BCUT2D eigenvalue weighted by Crippen LogP contribution is -2.23. The first kappa shape index (κ1) is 25.9. The number of carbonyl (C=O) groups is 3. The molecule has 1 aromatic carbocycles. The molecule has 0 aliphatic heterocycles. The second kappa shape index (κ2) is 10.3. The van der Waals surface area contributed by atoms with E-state index in [1.54, 1.807) is 0 Å². The maximum atomic E-state index is 14.2. The van der Waals surface area contributed by atoms with Crippen LogP contribution in [0.1, 0.15) is 41.2 Å². The Labute approximate surface area is 202 Å². The lowest BCUT2D eigenvalue weighted by molar-refractivity contribution is -0.275. The normalized spacial score (nSPS) is 12.3. The number of carboxylic acid groups (broad SMARTS) is 1. The summed E-state index contributed by atoms with van der Waals surface area (Å²) in [7, 11) is 0. The third kappa shape index (κ3) is 6.07. The van der Waals surface area contributed by atoms with Crippen molar-refractivity contribution in [1.29, 1.82) is 0 Å². The van der Waals surface area contributed by atoms with Crippen LogP contribution in [0.25, 0.3) is 5.65 Å². The number of aliphatic carboxylic acids is 1. The van der Waals surface area contributed by atoms with Crippen LogP contribution in [0, 0.1) is 5.82 Å². The molecule has 3 aromatic rings. The molecule has 0 bridgehead atoms. The van der Waals surface area contributed by atoms with E-state index < -0.39 is 59.6 Å². The van der Waals surface area contributed by atoms with Crippen LogP contribution < -0.4 is 4.74 Å². The number of carboxylic acids is 1. The van der Waals surface area contributed by atoms with Gasteiger partial charge in [-0.1, -0.05) is 18.2 Å². The molecule has 1 N–H and O–H groups in total. The van der Waals surface area contributed by atoms with Crippen LogP contribution in [-0.2, 0) is 19.1 Å². The van der Waals surface area contributed by atoms with Crippen molar-refractivity contribution >= 4 is 39.5 Å². The number of halogens is 5. The average Bonchev–Trinajstić information content (AvgIpc) is 3.09. The van der Waals surface area contributed by atoms with E-state index in [2.05, 4.69) is 25.7 Å². The lowest BCUT2D eigenvalue weighted by Gasteiger charge is -2.22. The number of benzene rings is 1. The van der Waals surface area contributed by atoms with E-state index in [0.29, 0.717) is 0 Å². The summed E-state index contributed by atoms with van der Waals surface area (Å²) >= 11 is 2.97. The number of para-hydroxylation sites is 1. The van der Waals surface area contributed by atoms with Crippen LogP contribution >= 0.6 is 15.9 Å². The van der Waals surface area contributed by atoms with Gasteiger partial charge in [-0.25, -0.2) is 14.2 Å². The van der Waals surface area contributed by atoms with Gasteiger partial charge in [-0.15, -0.1) is 13.2 Å². The smallest absolute Gasteiger partial charge is 0.481 e. The molecule has 3 rings (SSSR count). The highest BCUT2D eigenvalue weighted by Gasteiger charge is 2.37. The zero-order valence-electron chi connectivity index (χ0n) is 17.6. The monoisotopic (exact) mass is 562 g/mol. The van der Waals surface area contributed by atoms with Crippen molar-refractivity contribution in [3.8, 4) is 5.75 Å². The van der Waals surface area contributed by atoms with Gasteiger partial charge in [-0.05, 0) is 28.9 Å². The lowest BCUT2D eigenvalue weighted by atomic mass is 10.0. The summed E-state index contributed by atoms with van der Waals surface area (Å²) in [6.45, 7) is 1.38. The Morgan fingerprint density at radius 1 is 1.23 bits per heavy atom. The van der Waals surface area contributed by atoms with E-state index in [1.807, 2.05) is 0 Å². The Hall–Kier alpha value is -3.68. The van der Waals surface area contributed by atoms with Gasteiger partial charge in [0.2, 0.25) is 0 Å². The summed E-state index contributed by atoms with van der Waals surface area (Å²) in [6, 6.07) is 5.49. The maximum Gasteiger partial charge on any atom is 0.573 e. The maximum absolute atomic E-state index is 14.2. The van der Waals surface area contributed by atoms with Gasteiger partial charge in [0, 0.05) is 17.8 Å². The Morgan fingerprint density at radius 2 is 1.91 bits per heavy atom. The summed E-state index contributed by atoms with van der Waals surface area (Å²) in [5, 5.41) is 8.94. The Kier molecular flexibility index (Phi) is 7.63. The molecule has 2 heterocycles. The van der Waals surface area contributed by atoms with Gasteiger partial charge >= 0.3 is 24.3 Å². The third-order valence-electron chi connectivity index (χ3n) is 4.39. The number of rotatable bonds is 8. The van der Waals surface area contributed by atoms with Gasteiger partial charge in [0.15, 0.2) is 11.8 Å². The van der Waals surface area contributed by atoms with Gasteiger partial charge in [0.25, 0.3) is 0 Å². The van der Waals surface area contributed by atoms with Crippen LogP contribution in [0.4, 0.5) is 17.6 Å². The molecule has 1 atom stereocenters. The largest absolute Gasteiger partial charge is 0.573 e. The number of hydrogen-bond donors (Lipinski definition) is 1. The fraction of sp³-hybridized carbons (Fsp3) is 0.238. The van der Waals surface area contributed by atoms with Crippen LogP contribution in [0.5, 0.6) is 5.75 Å². The number of carbonyl (C=O) groups excluding carboxylic acids is 2. The minimum Gasteiger partial charge on any atom is -0.481 e. The number of hydrogen-bond acceptors (Lipinski definition) is 7. The Balaban J connectivity index is 2.32. The number of ether oxygens (including phenoxy) is 3. The fourth-order valence-corrected chi connectivity index (χ4v) is 3.46. The summed E-state index contributed by atoms with van der Waals surface area (Å²) in [4.78, 5) is 40.0. The van der Waals surface area contributed by atoms with Crippen molar-refractivity contribution in [3.05, 3.63) is 63.8 Å². The molecule has 14 heteroatoms. The van der Waals surface area contributed by atoms with Crippen LogP contribution in [0.15, 0.2) is 41.0 Å². The number of aromatic nitrogens is 2. The number of fused-ring (bicyclic) bond motifs is 1. The van der Waals surface area contributed by atoms with Crippen LogP contribution in [0.2, 0.25) is 0 Å². The predicted molar refractivity (Wildman–Crippen MR) is 112 cm³/mol. The molecule has 0 amide bonds. The topological polar surface area (TPSA) is 116 Å². The fourth-order valence-electron chi connectivity index (χ4n) is 3.14. The molecule has 9 nitrogen and oxygen atoms in total. The zero-order chi connectivity index (χ0) is 25.9. The van der Waals surface area contributed by atoms with E-state index >= 15 is 0 Å². The molecule has 0 aliphatic carbocycles. The molecule has 35 heavy (non-hydrogen) atoms. The number of pyridine rings is 1. The minimum absolute atomic E-state index is 0.110. The quantitative estimate of drug-likeness (QED) is 0.243. The number of imidazole rings is 1. The van der Waals surface area contributed by atoms with Gasteiger partial charge in [-0.3, -0.25) is 14.0 Å². The van der Waals surface area contributed by atoms with E-state index in [1.165, 1.54) is 19.1 Å². The molecule has 2 aromatic heterocycles. The van der Waals surface area contributed by atoms with Crippen molar-refractivity contribution in [1.82, 2.24) is 9.38 Å². The first-order valence-electron chi connectivity index (χ1n) is 9.71. The molecule has 0 saturated heterocycles. The van der Waals surface area contributed by atoms with Gasteiger partial charge in [0.1, 0.15) is 29.3 Å². The molecule has 0 spiro atoms. The molecule has 0 saturated carbocycles.